The topological polar surface area (TPSA) is 81.4 Å². The summed E-state index contributed by atoms with van der Waals surface area (Å²) in [5.74, 6) is -0.209. The van der Waals surface area contributed by atoms with Crippen molar-refractivity contribution in [1.82, 2.24) is 4.90 Å². The third-order valence-electron chi connectivity index (χ3n) is 2.55. The molecular weight excluding hydrogens is 216 g/mol. The van der Waals surface area contributed by atoms with E-state index in [4.69, 9.17) is 5.26 Å². The number of nitriles is 1. The number of hydrogen-bond acceptors (Lipinski definition) is 5. The fourth-order valence-electron chi connectivity index (χ4n) is 1.90. The molecule has 1 N–H and O–H groups in total. The van der Waals surface area contributed by atoms with Crippen molar-refractivity contribution in [3.63, 3.8) is 0 Å². The fraction of sp³-hybridized carbons (Fsp3) is 0.889. The van der Waals surface area contributed by atoms with Gasteiger partial charge in [-0.3, -0.25) is 4.90 Å². The number of aliphatic hydroxyl groups is 1. The molecule has 0 aromatic carbocycles. The Balaban J connectivity index is 2.73. The second-order valence-electron chi connectivity index (χ2n) is 3.84. The summed E-state index contributed by atoms with van der Waals surface area (Å²) in [5, 5.41) is 18.2. The quantitative estimate of drug-likeness (QED) is 0.653. The molecule has 0 aliphatic carbocycles. The highest BCUT2D eigenvalue weighted by molar-refractivity contribution is 7.91. The number of hydrogen-bond donors (Lipinski definition) is 1. The van der Waals surface area contributed by atoms with Crippen molar-refractivity contribution in [1.29, 1.82) is 5.26 Å². The monoisotopic (exact) mass is 232 g/mol. The zero-order valence-electron chi connectivity index (χ0n) is 8.76. The summed E-state index contributed by atoms with van der Waals surface area (Å²) in [6, 6.07) is 1.59. The summed E-state index contributed by atoms with van der Waals surface area (Å²) in [5.41, 5.74) is 0. The highest BCUT2D eigenvalue weighted by Crippen LogP contribution is 2.18. The molecule has 1 saturated heterocycles. The smallest absolute Gasteiger partial charge is 0.154 e. The lowest BCUT2D eigenvalue weighted by Gasteiger charge is -2.26. The van der Waals surface area contributed by atoms with Crippen molar-refractivity contribution in [3.8, 4) is 6.07 Å². The Labute approximate surface area is 90.2 Å². The van der Waals surface area contributed by atoms with E-state index in [1.807, 2.05) is 13.0 Å². The van der Waals surface area contributed by atoms with Crippen LogP contribution in [0.2, 0.25) is 0 Å². The van der Waals surface area contributed by atoms with Crippen molar-refractivity contribution in [3.05, 3.63) is 0 Å². The number of aliphatic hydroxyl groups excluding tert-OH is 1. The van der Waals surface area contributed by atoms with Gasteiger partial charge in [0.15, 0.2) is 9.84 Å². The Morgan fingerprint density at radius 1 is 1.53 bits per heavy atom. The van der Waals surface area contributed by atoms with Gasteiger partial charge in [0, 0.05) is 0 Å². The maximum Gasteiger partial charge on any atom is 0.154 e. The summed E-state index contributed by atoms with van der Waals surface area (Å²) >= 11 is 0. The molecule has 0 aromatic heterocycles. The van der Waals surface area contributed by atoms with Crippen LogP contribution in [0.25, 0.3) is 0 Å². The van der Waals surface area contributed by atoms with E-state index >= 15 is 0 Å². The Bertz CT molecular complexity index is 347. The van der Waals surface area contributed by atoms with Gasteiger partial charge in [0.2, 0.25) is 0 Å². The van der Waals surface area contributed by atoms with Crippen molar-refractivity contribution in [2.75, 3.05) is 24.6 Å². The Kier molecular flexibility index (Phi) is 4.08. The Morgan fingerprint density at radius 3 is 2.60 bits per heavy atom. The molecule has 2 unspecified atom stereocenters. The molecule has 1 aliphatic heterocycles. The van der Waals surface area contributed by atoms with Gasteiger partial charge >= 0.3 is 0 Å². The standard InChI is InChI=1S/C9H16N2O3S/c1-2-4-11(5-3-10)8-6-15(13,14)7-9(8)12/h8-9,12H,2,4-7H2,1H3. The molecule has 0 spiro atoms. The van der Waals surface area contributed by atoms with E-state index < -0.39 is 22.0 Å². The molecule has 0 aromatic rings. The van der Waals surface area contributed by atoms with Gasteiger partial charge in [-0.15, -0.1) is 0 Å². The SMILES string of the molecule is CCCN(CC#N)C1CS(=O)(=O)CC1O. The van der Waals surface area contributed by atoms with Gasteiger partial charge in [0.05, 0.1) is 36.3 Å². The summed E-state index contributed by atoms with van der Waals surface area (Å²) in [6.45, 7) is 2.77. The summed E-state index contributed by atoms with van der Waals surface area (Å²) in [4.78, 5) is 1.75. The van der Waals surface area contributed by atoms with E-state index in [1.54, 1.807) is 4.90 Å². The summed E-state index contributed by atoms with van der Waals surface area (Å²) in [7, 11) is -3.13. The normalized spacial score (nSPS) is 29.2. The number of nitrogens with zero attached hydrogens (tertiary/aromatic N) is 2. The van der Waals surface area contributed by atoms with Crippen LogP contribution in [0.15, 0.2) is 0 Å². The van der Waals surface area contributed by atoms with Gasteiger partial charge in [0.25, 0.3) is 0 Å². The molecule has 2 atom stereocenters. The van der Waals surface area contributed by atoms with Gasteiger partial charge in [-0.05, 0) is 13.0 Å². The van der Waals surface area contributed by atoms with E-state index in [1.165, 1.54) is 0 Å². The van der Waals surface area contributed by atoms with Gasteiger partial charge in [-0.1, -0.05) is 6.92 Å². The molecule has 5 nitrogen and oxygen atoms in total. The van der Waals surface area contributed by atoms with Crippen molar-refractivity contribution >= 4 is 9.84 Å². The molecule has 1 rings (SSSR count). The lowest BCUT2D eigenvalue weighted by molar-refractivity contribution is 0.0916. The zero-order chi connectivity index (χ0) is 11.5. The predicted molar refractivity (Wildman–Crippen MR) is 55.9 cm³/mol. The minimum Gasteiger partial charge on any atom is -0.390 e. The highest BCUT2D eigenvalue weighted by Gasteiger charge is 2.39. The van der Waals surface area contributed by atoms with Gasteiger partial charge in [-0.25, -0.2) is 8.42 Å². The summed E-state index contributed by atoms with van der Waals surface area (Å²) in [6.07, 6.45) is -0.0137. The molecule has 0 saturated carbocycles. The molecule has 0 amide bonds. The lowest BCUT2D eigenvalue weighted by atomic mass is 10.2. The molecule has 1 fully saturated rings. The maximum absolute atomic E-state index is 11.3. The average Bonchev–Trinajstić information content (AvgIpc) is 2.39. The first-order valence-corrected chi connectivity index (χ1v) is 6.82. The molecule has 0 radical (unpaired) electrons. The van der Waals surface area contributed by atoms with Crippen molar-refractivity contribution in [2.45, 2.75) is 25.5 Å². The van der Waals surface area contributed by atoms with E-state index in [2.05, 4.69) is 0 Å². The first kappa shape index (κ1) is 12.4. The van der Waals surface area contributed by atoms with E-state index in [-0.39, 0.29) is 18.1 Å². The van der Waals surface area contributed by atoms with Crippen molar-refractivity contribution in [2.24, 2.45) is 0 Å². The number of sulfone groups is 1. The molecule has 0 bridgehead atoms. The Hall–Kier alpha value is -0.640. The minimum absolute atomic E-state index is 0.0319. The molecule has 15 heavy (non-hydrogen) atoms. The predicted octanol–water partition coefficient (Wildman–Crippen LogP) is -0.620. The zero-order valence-corrected chi connectivity index (χ0v) is 9.57. The van der Waals surface area contributed by atoms with Crippen LogP contribution in [-0.4, -0.2) is 55.2 Å². The third-order valence-corrected chi connectivity index (χ3v) is 4.25. The first-order valence-electron chi connectivity index (χ1n) is 4.99. The maximum atomic E-state index is 11.3. The molecule has 1 aliphatic rings. The second-order valence-corrected chi connectivity index (χ2v) is 5.99. The molecule has 6 heteroatoms. The molecule has 86 valence electrons. The van der Waals surface area contributed by atoms with Crippen LogP contribution in [0.4, 0.5) is 0 Å². The second kappa shape index (κ2) is 4.92. The first-order chi connectivity index (χ1) is 7.00. The highest BCUT2D eigenvalue weighted by atomic mass is 32.2. The minimum atomic E-state index is -3.13. The Morgan fingerprint density at radius 2 is 2.20 bits per heavy atom. The lowest BCUT2D eigenvalue weighted by Crippen LogP contribution is -2.43. The van der Waals surface area contributed by atoms with Crippen LogP contribution in [0.5, 0.6) is 0 Å². The molecular formula is C9H16N2O3S. The number of rotatable bonds is 4. The van der Waals surface area contributed by atoms with E-state index in [9.17, 15) is 13.5 Å². The summed E-state index contributed by atoms with van der Waals surface area (Å²) < 4.78 is 22.6. The average molecular weight is 232 g/mol. The van der Waals surface area contributed by atoms with E-state index in [0.29, 0.717) is 6.54 Å². The molecule has 1 heterocycles. The van der Waals surface area contributed by atoms with Crippen LogP contribution in [0.3, 0.4) is 0 Å². The van der Waals surface area contributed by atoms with Crippen molar-refractivity contribution < 1.29 is 13.5 Å². The van der Waals surface area contributed by atoms with Crippen LogP contribution < -0.4 is 0 Å². The third kappa shape index (κ3) is 3.16. The van der Waals surface area contributed by atoms with Crippen LogP contribution in [0.1, 0.15) is 13.3 Å². The van der Waals surface area contributed by atoms with Crippen LogP contribution in [0, 0.1) is 11.3 Å². The largest absolute Gasteiger partial charge is 0.390 e. The fourth-order valence-corrected chi connectivity index (χ4v) is 3.73. The van der Waals surface area contributed by atoms with Crippen LogP contribution in [-0.2, 0) is 9.84 Å². The van der Waals surface area contributed by atoms with Crippen LogP contribution >= 0.6 is 0 Å². The van der Waals surface area contributed by atoms with Gasteiger partial charge in [-0.2, -0.15) is 5.26 Å². The van der Waals surface area contributed by atoms with E-state index in [0.717, 1.165) is 6.42 Å². The van der Waals surface area contributed by atoms with Gasteiger partial charge < -0.3 is 5.11 Å². The van der Waals surface area contributed by atoms with Gasteiger partial charge in [0.1, 0.15) is 0 Å².